The van der Waals surface area contributed by atoms with Crippen molar-refractivity contribution in [2.24, 2.45) is 0 Å². The van der Waals surface area contributed by atoms with E-state index in [1.165, 1.54) is 12.1 Å². The zero-order chi connectivity index (χ0) is 16.9. The highest BCUT2D eigenvalue weighted by Crippen LogP contribution is 2.22. The number of urea groups is 1. The predicted molar refractivity (Wildman–Crippen MR) is 80.9 cm³/mol. The summed E-state index contributed by atoms with van der Waals surface area (Å²) >= 11 is 0. The number of nitro groups is 1. The predicted octanol–water partition coefficient (Wildman–Crippen LogP) is 2.67. The molecule has 2 amide bonds. The third-order valence-electron chi connectivity index (χ3n) is 3.10. The van der Waals surface area contributed by atoms with Gasteiger partial charge >= 0.3 is 12.0 Å². The van der Waals surface area contributed by atoms with E-state index in [0.29, 0.717) is 11.3 Å². The third-order valence-corrected chi connectivity index (χ3v) is 3.10. The second-order valence-electron chi connectivity index (χ2n) is 5.61. The molecule has 120 valence electrons. The highest BCUT2D eigenvalue weighted by Gasteiger charge is 2.22. The molecule has 0 aliphatic carbocycles. The van der Waals surface area contributed by atoms with Crippen LogP contribution in [0.5, 0.6) is 0 Å². The molecule has 0 spiro atoms. The van der Waals surface area contributed by atoms with Gasteiger partial charge in [0.2, 0.25) is 0 Å². The quantitative estimate of drug-likeness (QED) is 0.551. The fraction of sp³-hybridized carbons (Fsp3) is 0.429. The van der Waals surface area contributed by atoms with Gasteiger partial charge in [0.05, 0.1) is 10.6 Å². The number of non-ortho nitro benzene ring substituents is 1. The van der Waals surface area contributed by atoms with Crippen LogP contribution in [-0.4, -0.2) is 27.6 Å². The number of carbonyl (C=O) groups excluding carboxylic acids is 1. The SMILES string of the molecule is Cc1ccc([N+](=O)[O-])cc1NC(=O)NC(C)(C)CCC(=O)O. The molecule has 8 heteroatoms. The average molecular weight is 309 g/mol. The molecule has 22 heavy (non-hydrogen) atoms. The summed E-state index contributed by atoms with van der Waals surface area (Å²) in [5.74, 6) is -0.940. The number of hydrogen-bond acceptors (Lipinski definition) is 4. The second-order valence-corrected chi connectivity index (χ2v) is 5.61. The van der Waals surface area contributed by atoms with E-state index in [9.17, 15) is 19.7 Å². The van der Waals surface area contributed by atoms with Crippen molar-refractivity contribution in [2.75, 3.05) is 5.32 Å². The fourth-order valence-corrected chi connectivity index (χ4v) is 1.80. The van der Waals surface area contributed by atoms with Gasteiger partial charge in [-0.1, -0.05) is 6.07 Å². The van der Waals surface area contributed by atoms with Gasteiger partial charge in [-0.3, -0.25) is 14.9 Å². The van der Waals surface area contributed by atoms with Crippen molar-refractivity contribution >= 4 is 23.4 Å². The molecule has 1 rings (SSSR count). The lowest BCUT2D eigenvalue weighted by atomic mass is 9.99. The molecule has 3 N–H and O–H groups in total. The number of carboxylic acid groups (broad SMARTS) is 1. The maximum atomic E-state index is 12.0. The molecule has 0 aromatic heterocycles. The minimum absolute atomic E-state index is 0.0664. The van der Waals surface area contributed by atoms with E-state index in [2.05, 4.69) is 10.6 Å². The Labute approximate surface area is 127 Å². The summed E-state index contributed by atoms with van der Waals surface area (Å²) in [5, 5.41) is 24.6. The van der Waals surface area contributed by atoms with Crippen molar-refractivity contribution in [2.45, 2.75) is 39.2 Å². The Bertz CT molecular complexity index is 598. The Kier molecular flexibility index (Phi) is 5.44. The first-order chi connectivity index (χ1) is 10.1. The number of amides is 2. The molecule has 0 fully saturated rings. The lowest BCUT2D eigenvalue weighted by Gasteiger charge is -2.25. The lowest BCUT2D eigenvalue weighted by molar-refractivity contribution is -0.384. The van der Waals surface area contributed by atoms with Gasteiger partial charge in [0.1, 0.15) is 0 Å². The summed E-state index contributed by atoms with van der Waals surface area (Å²) in [5.41, 5.74) is 0.188. The van der Waals surface area contributed by atoms with Crippen LogP contribution in [-0.2, 0) is 4.79 Å². The number of nitrogens with one attached hydrogen (secondary N) is 2. The molecule has 0 atom stereocenters. The van der Waals surface area contributed by atoms with Gasteiger partial charge in [0, 0.05) is 24.1 Å². The molecule has 0 radical (unpaired) electrons. The summed E-state index contributed by atoms with van der Waals surface area (Å²) in [6.45, 7) is 5.13. The smallest absolute Gasteiger partial charge is 0.319 e. The van der Waals surface area contributed by atoms with Crippen molar-refractivity contribution in [3.05, 3.63) is 33.9 Å². The standard InChI is InChI=1S/C14H19N3O5/c1-9-4-5-10(17(21)22)8-11(9)15-13(20)16-14(2,3)7-6-12(18)19/h4-5,8H,6-7H2,1-3H3,(H,18,19)(H2,15,16,20). The van der Waals surface area contributed by atoms with Gasteiger partial charge in [-0.25, -0.2) is 4.79 Å². The largest absolute Gasteiger partial charge is 0.481 e. The number of benzene rings is 1. The third kappa shape index (κ3) is 5.39. The van der Waals surface area contributed by atoms with Gasteiger partial charge in [-0.05, 0) is 32.8 Å². The Hall–Kier alpha value is -2.64. The van der Waals surface area contributed by atoms with Crippen molar-refractivity contribution in [1.29, 1.82) is 0 Å². The Morgan fingerprint density at radius 1 is 1.36 bits per heavy atom. The number of aliphatic carboxylic acids is 1. The zero-order valence-electron chi connectivity index (χ0n) is 12.7. The van der Waals surface area contributed by atoms with E-state index < -0.39 is 22.5 Å². The molecular formula is C14H19N3O5. The van der Waals surface area contributed by atoms with E-state index in [1.54, 1.807) is 26.8 Å². The van der Waals surface area contributed by atoms with E-state index >= 15 is 0 Å². The fourth-order valence-electron chi connectivity index (χ4n) is 1.80. The van der Waals surface area contributed by atoms with Crippen molar-refractivity contribution in [3.8, 4) is 0 Å². The monoisotopic (exact) mass is 309 g/mol. The molecule has 1 aromatic rings. The Morgan fingerprint density at radius 3 is 2.55 bits per heavy atom. The molecule has 0 saturated heterocycles. The molecule has 1 aromatic carbocycles. The first-order valence-electron chi connectivity index (χ1n) is 6.67. The van der Waals surface area contributed by atoms with Gasteiger partial charge in [-0.2, -0.15) is 0 Å². The topological polar surface area (TPSA) is 122 Å². The van der Waals surface area contributed by atoms with Gasteiger partial charge in [-0.15, -0.1) is 0 Å². The average Bonchev–Trinajstić information content (AvgIpc) is 2.38. The van der Waals surface area contributed by atoms with Gasteiger partial charge in [0.15, 0.2) is 0 Å². The van der Waals surface area contributed by atoms with Gasteiger partial charge < -0.3 is 15.7 Å². The maximum Gasteiger partial charge on any atom is 0.319 e. The summed E-state index contributed by atoms with van der Waals surface area (Å²) < 4.78 is 0. The minimum Gasteiger partial charge on any atom is -0.481 e. The van der Waals surface area contributed by atoms with Crippen LogP contribution in [0.25, 0.3) is 0 Å². The van der Waals surface area contributed by atoms with Crippen molar-refractivity contribution in [1.82, 2.24) is 5.32 Å². The van der Waals surface area contributed by atoms with Crippen LogP contribution in [0.15, 0.2) is 18.2 Å². The number of carboxylic acids is 1. The van der Waals surface area contributed by atoms with Crippen LogP contribution in [0, 0.1) is 17.0 Å². The molecule has 0 aliphatic rings. The van der Waals surface area contributed by atoms with E-state index in [1.807, 2.05) is 0 Å². The van der Waals surface area contributed by atoms with Crippen LogP contribution in [0.1, 0.15) is 32.3 Å². The molecule has 0 heterocycles. The van der Waals surface area contributed by atoms with Crippen LogP contribution >= 0.6 is 0 Å². The molecule has 8 nitrogen and oxygen atoms in total. The molecule has 0 bridgehead atoms. The molecule has 0 aliphatic heterocycles. The summed E-state index contributed by atoms with van der Waals surface area (Å²) in [7, 11) is 0. The van der Waals surface area contributed by atoms with E-state index in [4.69, 9.17) is 5.11 Å². The number of carbonyl (C=O) groups is 2. The van der Waals surface area contributed by atoms with Crippen LogP contribution in [0.4, 0.5) is 16.2 Å². The number of anilines is 1. The van der Waals surface area contributed by atoms with E-state index in [-0.39, 0.29) is 18.5 Å². The summed E-state index contributed by atoms with van der Waals surface area (Å²) in [6, 6.07) is 3.64. The Balaban J connectivity index is 2.74. The van der Waals surface area contributed by atoms with Crippen LogP contribution in [0.2, 0.25) is 0 Å². The van der Waals surface area contributed by atoms with Crippen LogP contribution in [0.3, 0.4) is 0 Å². The maximum absolute atomic E-state index is 12.0. The van der Waals surface area contributed by atoms with Crippen molar-refractivity contribution < 1.29 is 19.6 Å². The second kappa shape index (κ2) is 6.88. The van der Waals surface area contributed by atoms with Crippen LogP contribution < -0.4 is 10.6 Å². The molecule has 0 saturated carbocycles. The summed E-state index contributed by atoms with van der Waals surface area (Å²) in [4.78, 5) is 32.8. The van der Waals surface area contributed by atoms with E-state index in [0.717, 1.165) is 0 Å². The number of nitro benzene ring substituents is 1. The zero-order valence-corrected chi connectivity index (χ0v) is 12.7. The minimum atomic E-state index is -0.940. The highest BCUT2D eigenvalue weighted by atomic mass is 16.6. The number of hydrogen-bond donors (Lipinski definition) is 3. The Morgan fingerprint density at radius 2 is 2.00 bits per heavy atom. The molecular weight excluding hydrogens is 290 g/mol. The van der Waals surface area contributed by atoms with Crippen molar-refractivity contribution in [3.63, 3.8) is 0 Å². The lowest BCUT2D eigenvalue weighted by Crippen LogP contribution is -2.45. The number of aryl methyl sites for hydroxylation is 1. The highest BCUT2D eigenvalue weighted by molar-refractivity contribution is 5.91. The summed E-state index contributed by atoms with van der Waals surface area (Å²) in [6.07, 6.45) is 0.201. The van der Waals surface area contributed by atoms with Gasteiger partial charge in [0.25, 0.3) is 5.69 Å². The number of nitrogens with zero attached hydrogens (tertiary/aromatic N) is 1. The number of rotatable bonds is 6. The normalized spacial score (nSPS) is 10.9. The molecule has 0 unspecified atom stereocenters. The first-order valence-corrected chi connectivity index (χ1v) is 6.67. The first kappa shape index (κ1) is 17.4.